The van der Waals surface area contributed by atoms with E-state index in [1.165, 1.54) is 0 Å². The molecule has 2 N–H and O–H groups in total. The monoisotopic (exact) mass is 441 g/mol. The fourth-order valence-corrected chi connectivity index (χ4v) is 3.30. The number of benzene rings is 1. The topological polar surface area (TPSA) is 117 Å². The highest BCUT2D eigenvalue weighted by molar-refractivity contribution is 6.32. The third-order valence-corrected chi connectivity index (χ3v) is 5.05. The molecule has 0 bridgehead atoms. The quantitative estimate of drug-likeness (QED) is 0.552. The van der Waals surface area contributed by atoms with E-state index in [2.05, 4.69) is 15.6 Å². The van der Waals surface area contributed by atoms with Crippen LogP contribution in [0.2, 0.25) is 5.02 Å². The lowest BCUT2D eigenvalue weighted by Gasteiger charge is -2.13. The van der Waals surface area contributed by atoms with E-state index in [0.29, 0.717) is 28.6 Å². The minimum Gasteiger partial charge on any atom is -0.385 e. The fraction of sp³-hybridized carbons (Fsp3) is 0.364. The molecule has 1 unspecified atom stereocenters. The number of aliphatic hydroxyl groups excluding tert-OH is 1. The fourth-order valence-electron chi connectivity index (χ4n) is 3.08. The standard InChI is InChI=1S/C22H24ClN5O3/c1-13(2)22(30)20-9-17(27-31-20)10-21(29)25-14(3)12-28-7-6-19(26-28)15-4-5-16(11-24)18(23)8-15/h4-9,13-14,22,30H,10,12H2,1-3H3,(H,25,29)/t14-,22?/m0/s1. The number of halogens is 1. The molecule has 0 radical (unpaired) electrons. The van der Waals surface area contributed by atoms with Crippen LogP contribution in [0, 0.1) is 17.2 Å². The second kappa shape index (κ2) is 9.77. The average molecular weight is 442 g/mol. The largest absolute Gasteiger partial charge is 0.385 e. The van der Waals surface area contributed by atoms with Crippen LogP contribution in [0.4, 0.5) is 0 Å². The van der Waals surface area contributed by atoms with E-state index >= 15 is 0 Å². The van der Waals surface area contributed by atoms with Crippen molar-refractivity contribution in [3.63, 3.8) is 0 Å². The molecule has 162 valence electrons. The molecule has 2 atom stereocenters. The molecule has 0 saturated carbocycles. The molecule has 8 nitrogen and oxygen atoms in total. The first-order valence-electron chi connectivity index (χ1n) is 9.93. The van der Waals surface area contributed by atoms with Crippen molar-refractivity contribution in [2.45, 2.75) is 45.9 Å². The van der Waals surface area contributed by atoms with Gasteiger partial charge in [-0.1, -0.05) is 36.7 Å². The van der Waals surface area contributed by atoms with Gasteiger partial charge in [0.1, 0.15) is 12.2 Å². The van der Waals surface area contributed by atoms with E-state index in [1.807, 2.05) is 39.1 Å². The zero-order chi connectivity index (χ0) is 22.5. The van der Waals surface area contributed by atoms with Crippen LogP contribution in [0.25, 0.3) is 11.3 Å². The van der Waals surface area contributed by atoms with Crippen LogP contribution in [-0.2, 0) is 17.8 Å². The number of carbonyl (C=O) groups excluding carboxylic acids is 1. The summed E-state index contributed by atoms with van der Waals surface area (Å²) < 4.78 is 6.87. The van der Waals surface area contributed by atoms with Crippen molar-refractivity contribution in [1.29, 1.82) is 5.26 Å². The van der Waals surface area contributed by atoms with Crippen LogP contribution in [0.3, 0.4) is 0 Å². The van der Waals surface area contributed by atoms with Gasteiger partial charge in [0, 0.05) is 23.9 Å². The van der Waals surface area contributed by atoms with Gasteiger partial charge in [0.25, 0.3) is 0 Å². The molecule has 1 aromatic carbocycles. The van der Waals surface area contributed by atoms with Crippen LogP contribution in [0.15, 0.2) is 41.1 Å². The lowest BCUT2D eigenvalue weighted by molar-refractivity contribution is -0.121. The first kappa shape index (κ1) is 22.5. The van der Waals surface area contributed by atoms with Gasteiger partial charge >= 0.3 is 0 Å². The lowest BCUT2D eigenvalue weighted by atomic mass is 10.0. The van der Waals surface area contributed by atoms with Crippen LogP contribution in [0.1, 0.15) is 43.9 Å². The molecule has 3 aromatic rings. The molecule has 2 heterocycles. The van der Waals surface area contributed by atoms with Crippen molar-refractivity contribution < 1.29 is 14.4 Å². The highest BCUT2D eigenvalue weighted by Crippen LogP contribution is 2.24. The molecule has 31 heavy (non-hydrogen) atoms. The van der Waals surface area contributed by atoms with Gasteiger partial charge in [0.15, 0.2) is 5.76 Å². The van der Waals surface area contributed by atoms with E-state index in [4.69, 9.17) is 21.4 Å². The Hall–Kier alpha value is -3.15. The Balaban J connectivity index is 1.55. The summed E-state index contributed by atoms with van der Waals surface area (Å²) in [5.41, 5.74) is 2.42. The zero-order valence-corrected chi connectivity index (χ0v) is 18.3. The highest BCUT2D eigenvalue weighted by Gasteiger charge is 2.19. The minimum absolute atomic E-state index is 0.00563. The zero-order valence-electron chi connectivity index (χ0n) is 17.5. The SMILES string of the molecule is CC(C)C(O)c1cc(CC(=O)N[C@@H](C)Cn2ccc(-c3ccc(C#N)c(Cl)c3)n2)no1. The van der Waals surface area contributed by atoms with Gasteiger partial charge < -0.3 is 14.9 Å². The molecular weight excluding hydrogens is 418 g/mol. The van der Waals surface area contributed by atoms with Gasteiger partial charge in [0.05, 0.1) is 34.9 Å². The second-order valence-electron chi connectivity index (χ2n) is 7.78. The summed E-state index contributed by atoms with van der Waals surface area (Å²) in [4.78, 5) is 12.3. The third-order valence-electron chi connectivity index (χ3n) is 4.74. The van der Waals surface area contributed by atoms with Crippen molar-refractivity contribution in [3.8, 4) is 17.3 Å². The minimum atomic E-state index is -0.747. The maximum atomic E-state index is 12.3. The smallest absolute Gasteiger partial charge is 0.226 e. The second-order valence-corrected chi connectivity index (χ2v) is 8.19. The molecule has 0 aliphatic rings. The number of carbonyl (C=O) groups is 1. The van der Waals surface area contributed by atoms with Gasteiger partial charge in [0.2, 0.25) is 5.91 Å². The van der Waals surface area contributed by atoms with Crippen molar-refractivity contribution >= 4 is 17.5 Å². The van der Waals surface area contributed by atoms with Crippen molar-refractivity contribution in [3.05, 3.63) is 58.6 Å². The first-order chi connectivity index (χ1) is 14.8. The Kier molecular flexibility index (Phi) is 7.10. The van der Waals surface area contributed by atoms with E-state index in [1.54, 1.807) is 28.9 Å². The molecule has 9 heteroatoms. The van der Waals surface area contributed by atoms with Crippen molar-refractivity contribution in [2.24, 2.45) is 5.92 Å². The van der Waals surface area contributed by atoms with Gasteiger partial charge in [-0.05, 0) is 31.0 Å². The maximum Gasteiger partial charge on any atom is 0.226 e. The number of hydrogen-bond acceptors (Lipinski definition) is 6. The molecule has 1 amide bonds. The predicted octanol–water partition coefficient (Wildman–Crippen LogP) is 3.50. The maximum absolute atomic E-state index is 12.3. The number of aromatic nitrogens is 3. The number of nitrogens with zero attached hydrogens (tertiary/aromatic N) is 4. The highest BCUT2D eigenvalue weighted by atomic mass is 35.5. The Labute approximate surface area is 185 Å². The van der Waals surface area contributed by atoms with Crippen LogP contribution in [-0.4, -0.2) is 32.0 Å². The van der Waals surface area contributed by atoms with Crippen LogP contribution >= 0.6 is 11.6 Å². The summed E-state index contributed by atoms with van der Waals surface area (Å²) in [6, 6.07) is 10.5. The molecule has 0 aliphatic heterocycles. The summed E-state index contributed by atoms with van der Waals surface area (Å²) in [5, 5.41) is 30.7. The molecular formula is C22H24ClN5O3. The summed E-state index contributed by atoms with van der Waals surface area (Å²) in [6.07, 6.45) is 1.14. The third kappa shape index (κ3) is 5.72. The van der Waals surface area contributed by atoms with E-state index in [0.717, 1.165) is 11.3 Å². The normalized spacial score (nSPS) is 13.1. The summed E-state index contributed by atoms with van der Waals surface area (Å²) >= 11 is 6.10. The van der Waals surface area contributed by atoms with E-state index in [-0.39, 0.29) is 24.3 Å². The number of nitriles is 1. The van der Waals surface area contributed by atoms with Crippen LogP contribution in [0.5, 0.6) is 0 Å². The molecule has 3 rings (SSSR count). The summed E-state index contributed by atoms with van der Waals surface area (Å²) in [5.74, 6) is 0.157. The van der Waals surface area contributed by atoms with Crippen molar-refractivity contribution in [2.75, 3.05) is 0 Å². The van der Waals surface area contributed by atoms with Gasteiger partial charge in [-0.2, -0.15) is 10.4 Å². The predicted molar refractivity (Wildman–Crippen MR) is 115 cm³/mol. The number of hydrogen-bond donors (Lipinski definition) is 2. The van der Waals surface area contributed by atoms with E-state index in [9.17, 15) is 9.90 Å². The Bertz CT molecular complexity index is 1100. The molecule has 0 fully saturated rings. The Morgan fingerprint density at radius 1 is 1.32 bits per heavy atom. The Morgan fingerprint density at radius 2 is 2.10 bits per heavy atom. The molecule has 0 aliphatic carbocycles. The lowest BCUT2D eigenvalue weighted by Crippen LogP contribution is -2.36. The first-order valence-corrected chi connectivity index (χ1v) is 10.3. The average Bonchev–Trinajstić information content (AvgIpc) is 3.36. The van der Waals surface area contributed by atoms with E-state index < -0.39 is 6.10 Å². The molecule has 0 spiro atoms. The number of aliphatic hydroxyl groups is 1. The molecule has 2 aromatic heterocycles. The number of rotatable bonds is 8. The number of nitrogens with one attached hydrogen (secondary N) is 1. The van der Waals surface area contributed by atoms with Gasteiger partial charge in [-0.15, -0.1) is 0 Å². The summed E-state index contributed by atoms with van der Waals surface area (Å²) in [7, 11) is 0. The Morgan fingerprint density at radius 3 is 2.77 bits per heavy atom. The summed E-state index contributed by atoms with van der Waals surface area (Å²) in [6.45, 7) is 6.11. The van der Waals surface area contributed by atoms with Crippen LogP contribution < -0.4 is 5.32 Å². The molecule has 0 saturated heterocycles. The van der Waals surface area contributed by atoms with Gasteiger partial charge in [-0.25, -0.2) is 0 Å². The van der Waals surface area contributed by atoms with Crippen molar-refractivity contribution in [1.82, 2.24) is 20.3 Å². The number of amides is 1. The van der Waals surface area contributed by atoms with Gasteiger partial charge in [-0.3, -0.25) is 9.48 Å².